The molecule has 2 atom stereocenters. The van der Waals surface area contributed by atoms with Gasteiger partial charge in [-0.15, -0.1) is 11.8 Å². The first-order chi connectivity index (χ1) is 12.4. The summed E-state index contributed by atoms with van der Waals surface area (Å²) in [5, 5.41) is -0.608. The van der Waals surface area contributed by atoms with Crippen LogP contribution in [0.4, 0.5) is 5.69 Å². The Labute approximate surface area is 155 Å². The molecule has 1 aliphatic rings. The smallest absolute Gasteiger partial charge is 0.337 e. The minimum absolute atomic E-state index is 0.0256. The van der Waals surface area contributed by atoms with Gasteiger partial charge in [-0.05, 0) is 31.2 Å². The van der Waals surface area contributed by atoms with Gasteiger partial charge in [0.2, 0.25) is 11.8 Å². The van der Waals surface area contributed by atoms with E-state index < -0.39 is 23.2 Å². The van der Waals surface area contributed by atoms with E-state index in [2.05, 4.69) is 4.74 Å². The van der Waals surface area contributed by atoms with Crippen LogP contribution < -0.4 is 10.6 Å². The molecule has 1 heterocycles. The highest BCUT2D eigenvalue weighted by Gasteiger charge is 2.40. The fourth-order valence-corrected chi connectivity index (χ4v) is 3.49. The molecule has 0 bridgehead atoms. The number of amides is 2. The number of carbonyl (C=O) groups is 4. The maximum atomic E-state index is 12.5. The molecule has 9 heteroatoms. The second kappa shape index (κ2) is 8.81. The van der Waals surface area contributed by atoms with Gasteiger partial charge in [-0.25, -0.2) is 9.69 Å². The molecule has 1 saturated heterocycles. The third-order valence-corrected chi connectivity index (χ3v) is 5.04. The summed E-state index contributed by atoms with van der Waals surface area (Å²) in [6, 6.07) is 5.15. The molecule has 0 unspecified atom stereocenters. The average molecular weight is 380 g/mol. The van der Waals surface area contributed by atoms with Gasteiger partial charge in [0, 0.05) is 12.2 Å². The molecule has 8 nitrogen and oxygen atoms in total. The first kappa shape index (κ1) is 19.9. The van der Waals surface area contributed by atoms with Crippen molar-refractivity contribution in [3.05, 3.63) is 29.8 Å². The van der Waals surface area contributed by atoms with Crippen molar-refractivity contribution in [2.75, 3.05) is 24.4 Å². The molecular formula is C17H20N2O6S. The monoisotopic (exact) mass is 380 g/mol. The second-order valence-electron chi connectivity index (χ2n) is 5.49. The van der Waals surface area contributed by atoms with Crippen LogP contribution in [0.25, 0.3) is 0 Å². The molecule has 0 aliphatic carbocycles. The van der Waals surface area contributed by atoms with Gasteiger partial charge in [-0.3, -0.25) is 14.4 Å². The van der Waals surface area contributed by atoms with E-state index in [9.17, 15) is 19.2 Å². The molecule has 140 valence electrons. The Bertz CT molecular complexity index is 706. The predicted octanol–water partition coefficient (Wildman–Crippen LogP) is 0.729. The van der Waals surface area contributed by atoms with E-state index in [1.807, 2.05) is 0 Å². The fourth-order valence-electron chi connectivity index (χ4n) is 2.41. The highest BCUT2D eigenvalue weighted by Crippen LogP contribution is 2.30. The number of anilines is 1. The van der Waals surface area contributed by atoms with Gasteiger partial charge in [0.25, 0.3) is 0 Å². The van der Waals surface area contributed by atoms with E-state index >= 15 is 0 Å². The number of methoxy groups -OCH3 is 1. The minimum atomic E-state index is -0.851. The summed E-state index contributed by atoms with van der Waals surface area (Å²) < 4.78 is 9.43. The maximum Gasteiger partial charge on any atom is 0.337 e. The lowest BCUT2D eigenvalue weighted by Gasteiger charge is -2.16. The molecule has 26 heavy (non-hydrogen) atoms. The Morgan fingerprint density at radius 3 is 2.54 bits per heavy atom. The van der Waals surface area contributed by atoms with E-state index in [4.69, 9.17) is 10.5 Å². The number of rotatable bonds is 7. The minimum Gasteiger partial charge on any atom is -0.465 e. The summed E-state index contributed by atoms with van der Waals surface area (Å²) in [5.41, 5.74) is 6.42. The summed E-state index contributed by atoms with van der Waals surface area (Å²) >= 11 is 1.16. The van der Waals surface area contributed by atoms with Crippen LogP contribution in [0.15, 0.2) is 24.3 Å². The number of carbonyl (C=O) groups excluding carboxylic acids is 4. The van der Waals surface area contributed by atoms with E-state index in [-0.39, 0.29) is 30.6 Å². The number of esters is 2. The van der Waals surface area contributed by atoms with Crippen molar-refractivity contribution in [3.8, 4) is 0 Å². The molecule has 1 aromatic carbocycles. The molecule has 1 aliphatic heterocycles. The number of benzene rings is 1. The summed E-state index contributed by atoms with van der Waals surface area (Å²) in [6.07, 6.45) is 0.0256. The van der Waals surface area contributed by atoms with Crippen molar-refractivity contribution in [2.24, 2.45) is 5.73 Å². The lowest BCUT2D eigenvalue weighted by Crippen LogP contribution is -2.36. The van der Waals surface area contributed by atoms with Crippen LogP contribution in [0.1, 0.15) is 23.7 Å². The van der Waals surface area contributed by atoms with Crippen molar-refractivity contribution in [1.82, 2.24) is 0 Å². The van der Waals surface area contributed by atoms with E-state index in [0.29, 0.717) is 11.3 Å². The van der Waals surface area contributed by atoms with Crippen LogP contribution in [-0.4, -0.2) is 54.5 Å². The van der Waals surface area contributed by atoms with Gasteiger partial charge >= 0.3 is 11.9 Å². The van der Waals surface area contributed by atoms with Crippen LogP contribution in [0.5, 0.6) is 0 Å². The summed E-state index contributed by atoms with van der Waals surface area (Å²) in [5.74, 6) is -1.58. The standard InChI is InChI=1S/C17H20N2O6S/c1-3-25-17(23)12(18)9-26-13-8-14(20)19(15(13)21)11-6-4-10(5-7-11)16(22)24-2/h4-7,12-13H,3,8-9,18H2,1-2H3/t12-,13-/m1/s1. The Morgan fingerprint density at radius 2 is 1.96 bits per heavy atom. The molecule has 0 radical (unpaired) electrons. The lowest BCUT2D eigenvalue weighted by molar-refractivity contribution is -0.144. The molecule has 0 spiro atoms. The largest absolute Gasteiger partial charge is 0.465 e. The number of imide groups is 1. The topological polar surface area (TPSA) is 116 Å². The molecule has 2 N–H and O–H groups in total. The Balaban J connectivity index is 2.02. The number of nitrogens with zero attached hydrogens (tertiary/aromatic N) is 1. The maximum absolute atomic E-state index is 12.5. The van der Waals surface area contributed by atoms with Gasteiger partial charge in [-0.1, -0.05) is 0 Å². The number of hydrogen-bond acceptors (Lipinski definition) is 8. The first-order valence-electron chi connectivity index (χ1n) is 7.98. The van der Waals surface area contributed by atoms with Crippen molar-refractivity contribution >= 4 is 41.2 Å². The number of hydrogen-bond donors (Lipinski definition) is 1. The zero-order chi connectivity index (χ0) is 19.3. The molecule has 1 fully saturated rings. The number of nitrogens with two attached hydrogens (primary N) is 1. The Kier molecular flexibility index (Phi) is 6.76. The predicted molar refractivity (Wildman–Crippen MR) is 95.7 cm³/mol. The molecule has 2 amide bonds. The Hall–Kier alpha value is -2.39. The molecule has 0 aromatic heterocycles. The number of ether oxygens (including phenoxy) is 2. The zero-order valence-electron chi connectivity index (χ0n) is 14.5. The van der Waals surface area contributed by atoms with E-state index in [0.717, 1.165) is 16.7 Å². The lowest BCUT2D eigenvalue weighted by atomic mass is 10.2. The van der Waals surface area contributed by atoms with Crippen molar-refractivity contribution in [2.45, 2.75) is 24.6 Å². The van der Waals surface area contributed by atoms with Crippen LogP contribution in [0.3, 0.4) is 0 Å². The molecule has 0 saturated carbocycles. The SMILES string of the molecule is CCOC(=O)[C@H](N)CS[C@@H]1CC(=O)N(c2ccc(C(=O)OC)cc2)C1=O. The van der Waals surface area contributed by atoms with Crippen LogP contribution in [-0.2, 0) is 23.9 Å². The fraction of sp³-hybridized carbons (Fsp3) is 0.412. The highest BCUT2D eigenvalue weighted by molar-refractivity contribution is 8.00. The number of thioether (sulfide) groups is 1. The van der Waals surface area contributed by atoms with Crippen molar-refractivity contribution < 1.29 is 28.7 Å². The van der Waals surface area contributed by atoms with Gasteiger partial charge < -0.3 is 15.2 Å². The Morgan fingerprint density at radius 1 is 1.31 bits per heavy atom. The zero-order valence-corrected chi connectivity index (χ0v) is 15.3. The first-order valence-corrected chi connectivity index (χ1v) is 9.02. The van der Waals surface area contributed by atoms with Gasteiger partial charge in [0.1, 0.15) is 6.04 Å². The molecule has 2 rings (SSSR count). The third kappa shape index (κ3) is 4.41. The molecular weight excluding hydrogens is 360 g/mol. The highest BCUT2D eigenvalue weighted by atomic mass is 32.2. The van der Waals surface area contributed by atoms with Crippen LogP contribution >= 0.6 is 11.8 Å². The molecule has 1 aromatic rings. The van der Waals surface area contributed by atoms with E-state index in [1.165, 1.54) is 31.4 Å². The summed E-state index contributed by atoms with van der Waals surface area (Å²) in [6.45, 7) is 1.91. The average Bonchev–Trinajstić information content (AvgIpc) is 2.92. The quantitative estimate of drug-likeness (QED) is 0.544. The van der Waals surface area contributed by atoms with Gasteiger partial charge in [0.05, 0.1) is 30.2 Å². The third-order valence-electron chi connectivity index (χ3n) is 3.72. The van der Waals surface area contributed by atoms with Crippen molar-refractivity contribution in [1.29, 1.82) is 0 Å². The van der Waals surface area contributed by atoms with Gasteiger partial charge in [0.15, 0.2) is 0 Å². The van der Waals surface area contributed by atoms with E-state index in [1.54, 1.807) is 6.92 Å². The second-order valence-corrected chi connectivity index (χ2v) is 6.73. The van der Waals surface area contributed by atoms with Crippen molar-refractivity contribution in [3.63, 3.8) is 0 Å². The normalized spacial score (nSPS) is 18.0. The van der Waals surface area contributed by atoms with Gasteiger partial charge in [-0.2, -0.15) is 0 Å². The van der Waals surface area contributed by atoms with Crippen LogP contribution in [0, 0.1) is 0 Å². The van der Waals surface area contributed by atoms with Crippen LogP contribution in [0.2, 0.25) is 0 Å². The summed E-state index contributed by atoms with van der Waals surface area (Å²) in [4.78, 5) is 48.8. The summed E-state index contributed by atoms with van der Waals surface area (Å²) in [7, 11) is 1.27.